The third-order valence-electron chi connectivity index (χ3n) is 9.87. The fourth-order valence-electron chi connectivity index (χ4n) is 8.79. The number of carbonyl (C=O) groups is 1. The van der Waals surface area contributed by atoms with E-state index in [1.807, 2.05) is 18.2 Å². The Morgan fingerprint density at radius 3 is 1.15 bits per heavy atom. The van der Waals surface area contributed by atoms with Gasteiger partial charge in [0.1, 0.15) is 8.31 Å². The Kier molecular flexibility index (Phi) is 10.2. The van der Waals surface area contributed by atoms with Crippen LogP contribution >= 0.6 is 0 Å². The molecule has 0 aliphatic rings. The predicted octanol–water partition coefficient (Wildman–Crippen LogP) is 7.19. The summed E-state index contributed by atoms with van der Waals surface area (Å²) in [7, 11) is -5.01. The molecule has 5 aromatic rings. The molecule has 0 bridgehead atoms. The third-order valence-corrected chi connectivity index (χ3v) is 22.6. The lowest BCUT2D eigenvalue weighted by Crippen LogP contribution is -2.86. The normalized spacial score (nSPS) is 11.7. The fraction of sp³-hybridized carbons (Fsp3) is 0.295. The first-order valence-corrected chi connectivity index (χ1v) is 21.7. The van der Waals surface area contributed by atoms with Gasteiger partial charge in [0, 0.05) is 0 Å². The summed E-state index contributed by atoms with van der Waals surface area (Å²) >= 11 is 0. The van der Waals surface area contributed by atoms with Crippen LogP contribution < -0.4 is 25.7 Å². The lowest BCUT2D eigenvalue weighted by Gasteiger charge is -2.45. The van der Waals surface area contributed by atoms with Gasteiger partial charge in [-0.2, -0.15) is 0 Å². The molecule has 0 aliphatic carbocycles. The van der Waals surface area contributed by atoms with Crippen molar-refractivity contribution in [1.29, 1.82) is 0 Å². The molecule has 5 aromatic carbocycles. The van der Waals surface area contributed by atoms with Crippen molar-refractivity contribution < 1.29 is 4.79 Å². The molecule has 2 nitrogen and oxygen atoms in total. The highest BCUT2D eigenvalue weighted by molar-refractivity contribution is 7.51. The number of hydrogen-bond donors (Lipinski definition) is 1. The molecule has 0 saturated carbocycles. The van der Waals surface area contributed by atoms with Crippen LogP contribution in [0, 0.1) is 83.1 Å². The summed E-state index contributed by atoms with van der Waals surface area (Å²) in [6.07, 6.45) is 0.344. The van der Waals surface area contributed by atoms with Crippen LogP contribution in [0.15, 0.2) is 78.9 Å². The van der Waals surface area contributed by atoms with E-state index in [0.29, 0.717) is 6.42 Å². The maximum atomic E-state index is 14.9. The maximum Gasteiger partial charge on any atom is 0.216 e. The van der Waals surface area contributed by atoms with Gasteiger partial charge in [-0.3, -0.25) is 4.79 Å². The van der Waals surface area contributed by atoms with Crippen LogP contribution in [0.3, 0.4) is 0 Å². The molecule has 247 valence electrons. The van der Waals surface area contributed by atoms with Crippen LogP contribution in [0.25, 0.3) is 0 Å². The molecule has 0 fully saturated rings. The smallest absolute Gasteiger partial charge is 0.216 e. The summed E-state index contributed by atoms with van der Waals surface area (Å²) in [5, 5.41) is 5.59. The fourth-order valence-corrected chi connectivity index (χ4v) is 25.2. The lowest BCUT2D eigenvalue weighted by molar-refractivity contribution is -0.118. The van der Waals surface area contributed by atoms with Crippen LogP contribution in [0.2, 0.25) is 0 Å². The van der Waals surface area contributed by atoms with Gasteiger partial charge in [-0.25, -0.2) is 0 Å². The minimum absolute atomic E-state index is 0.0963. The molecule has 0 spiro atoms. The number of aryl methyl sites for hydroxylation is 12. The summed E-state index contributed by atoms with van der Waals surface area (Å²) in [5.74, 6) is 0.0963. The maximum absolute atomic E-state index is 14.9. The number of carbonyl (C=O) groups excluding carboxylic acids is 1. The monoisotopic (exact) mass is 666 g/mol. The van der Waals surface area contributed by atoms with Crippen molar-refractivity contribution in [2.75, 3.05) is 0 Å². The van der Waals surface area contributed by atoms with Gasteiger partial charge in [0.15, 0.2) is 0 Å². The molecule has 1 radical (unpaired) electrons. The van der Waals surface area contributed by atoms with Crippen molar-refractivity contribution in [3.63, 3.8) is 0 Å². The van der Waals surface area contributed by atoms with E-state index in [2.05, 4.69) is 149 Å². The second-order valence-corrected chi connectivity index (χ2v) is 22.7. The summed E-state index contributed by atoms with van der Waals surface area (Å²) < 4.78 is 0. The third kappa shape index (κ3) is 6.66. The van der Waals surface area contributed by atoms with Crippen molar-refractivity contribution in [1.82, 2.24) is 4.98 Å². The molecule has 0 aromatic heterocycles. The molecule has 1 amide bonds. The highest BCUT2D eigenvalue weighted by Crippen LogP contribution is 2.24. The minimum atomic E-state index is -3.26. The van der Waals surface area contributed by atoms with Gasteiger partial charge in [-0.15, -0.1) is 0 Å². The number of nitrogens with one attached hydrogen (secondary N) is 1. The molecule has 5 rings (SSSR count). The van der Waals surface area contributed by atoms with Gasteiger partial charge in [-0.05, 0) is 121 Å². The van der Waals surface area contributed by atoms with Crippen LogP contribution in [0.5, 0.6) is 0 Å². The Morgan fingerprint density at radius 2 is 0.812 bits per heavy atom. The standard InChI is InChI=1S/C44H52NOSi2/c1-27-18-31(5)41(32(6)19-27)47(42-33(7)20-28(2)21-34(42)8)48(43-35(9)22-29(3)23-36(43)10,44-37(11)24-30(4)25-38(44)12)45-40(46)26-39-16-14-13-15-17-39/h13-25H,26H2,1-12H3,(H,45,46). The zero-order valence-electron chi connectivity index (χ0n) is 31.1. The van der Waals surface area contributed by atoms with Crippen molar-refractivity contribution in [3.05, 3.63) is 151 Å². The van der Waals surface area contributed by atoms with Crippen LogP contribution in [0.4, 0.5) is 0 Å². The van der Waals surface area contributed by atoms with E-state index in [4.69, 9.17) is 0 Å². The Morgan fingerprint density at radius 1 is 0.500 bits per heavy atom. The van der Waals surface area contributed by atoms with Crippen molar-refractivity contribution >= 4 is 42.7 Å². The minimum Gasteiger partial charge on any atom is -0.375 e. The van der Waals surface area contributed by atoms with Crippen molar-refractivity contribution in [3.8, 4) is 0 Å². The highest BCUT2D eigenvalue weighted by atomic mass is 29.2. The quantitative estimate of drug-likeness (QED) is 0.175. The van der Waals surface area contributed by atoms with E-state index in [-0.39, 0.29) is 5.91 Å². The molecule has 0 atom stereocenters. The van der Waals surface area contributed by atoms with Crippen LogP contribution in [0.1, 0.15) is 72.3 Å². The average molecular weight is 667 g/mol. The molecule has 0 saturated heterocycles. The lowest BCUT2D eigenvalue weighted by atomic mass is 10.1. The molecule has 0 unspecified atom stereocenters. The summed E-state index contributed by atoms with van der Waals surface area (Å²) in [5.41, 5.74) is 16.4. The van der Waals surface area contributed by atoms with Gasteiger partial charge in [-0.1, -0.05) is 134 Å². The summed E-state index contributed by atoms with van der Waals surface area (Å²) in [4.78, 5) is 19.0. The first-order chi connectivity index (χ1) is 22.6. The van der Waals surface area contributed by atoms with E-state index in [0.717, 1.165) is 5.56 Å². The van der Waals surface area contributed by atoms with E-state index >= 15 is 0 Å². The molecule has 4 heteroatoms. The topological polar surface area (TPSA) is 29.1 Å². The molecule has 0 heterocycles. The molecule has 0 aliphatic heterocycles. The van der Waals surface area contributed by atoms with Crippen LogP contribution in [-0.2, 0) is 11.2 Å². The van der Waals surface area contributed by atoms with Gasteiger partial charge >= 0.3 is 0 Å². The number of rotatable bonds is 8. The van der Waals surface area contributed by atoms with Crippen molar-refractivity contribution in [2.45, 2.75) is 89.5 Å². The van der Waals surface area contributed by atoms with Gasteiger partial charge < -0.3 is 4.98 Å². The predicted molar refractivity (Wildman–Crippen MR) is 211 cm³/mol. The Bertz CT molecular complexity index is 1820. The van der Waals surface area contributed by atoms with Gasteiger partial charge in [0.2, 0.25) is 13.7 Å². The Hall–Kier alpha value is -4.00. The van der Waals surface area contributed by atoms with E-state index in [1.54, 1.807) is 0 Å². The average Bonchev–Trinajstić information content (AvgIpc) is 2.94. The van der Waals surface area contributed by atoms with E-state index in [9.17, 15) is 4.79 Å². The number of benzene rings is 5. The van der Waals surface area contributed by atoms with E-state index < -0.39 is 16.1 Å². The molecule has 48 heavy (non-hydrogen) atoms. The van der Waals surface area contributed by atoms with Crippen molar-refractivity contribution in [2.24, 2.45) is 0 Å². The summed E-state index contributed by atoms with van der Waals surface area (Å²) in [6, 6.07) is 29.0. The number of hydrogen-bond acceptors (Lipinski definition) is 1. The Balaban J connectivity index is 2.06. The molecule has 1 N–H and O–H groups in total. The zero-order chi connectivity index (χ0) is 35.1. The first-order valence-electron chi connectivity index (χ1n) is 17.2. The highest BCUT2D eigenvalue weighted by Gasteiger charge is 2.54. The second-order valence-electron chi connectivity index (χ2n) is 14.4. The second kappa shape index (κ2) is 13.9. The molecular formula is C44H52NOSi2. The van der Waals surface area contributed by atoms with Gasteiger partial charge in [0.05, 0.1) is 6.42 Å². The zero-order valence-corrected chi connectivity index (χ0v) is 33.1. The van der Waals surface area contributed by atoms with E-state index in [1.165, 1.54) is 87.5 Å². The Labute approximate surface area is 292 Å². The largest absolute Gasteiger partial charge is 0.375 e. The van der Waals surface area contributed by atoms with Crippen LogP contribution in [-0.4, -0.2) is 22.0 Å². The number of amides is 1. The van der Waals surface area contributed by atoms with Gasteiger partial charge in [0.25, 0.3) is 0 Å². The molecular weight excluding hydrogens is 615 g/mol. The first kappa shape index (κ1) is 35.3. The summed E-state index contributed by atoms with van der Waals surface area (Å²) in [6.45, 7) is 27.1. The SMILES string of the molecule is Cc1cc(C)c([Si](c2c(C)cc(C)cc2C)[Si](NC(=O)Cc2ccccc2)(c2c(C)cc(C)cc2C)c2c(C)cc(C)cc2C)c(C)c1.